The predicted molar refractivity (Wildman–Crippen MR) is 97.5 cm³/mol. The van der Waals surface area contributed by atoms with E-state index in [0.717, 1.165) is 36.3 Å². The van der Waals surface area contributed by atoms with E-state index in [2.05, 4.69) is 15.2 Å². The smallest absolute Gasteiger partial charge is 0.194 e. The second-order valence-corrected chi connectivity index (χ2v) is 5.87. The van der Waals surface area contributed by atoms with Crippen molar-refractivity contribution in [3.05, 3.63) is 59.0 Å². The third-order valence-electron chi connectivity index (χ3n) is 3.49. The van der Waals surface area contributed by atoms with Gasteiger partial charge in [-0.2, -0.15) is 0 Å². The molecule has 2 rings (SSSR count). The maximum Gasteiger partial charge on any atom is 0.194 e. The fourth-order valence-corrected chi connectivity index (χ4v) is 2.37. The molecule has 24 heavy (non-hydrogen) atoms. The van der Waals surface area contributed by atoms with Crippen LogP contribution < -0.4 is 5.32 Å². The molecule has 0 spiro atoms. The normalized spacial score (nSPS) is 11.5. The maximum absolute atomic E-state index is 5.94. The summed E-state index contributed by atoms with van der Waals surface area (Å²) in [6, 6.07) is 11.7. The molecule has 2 aromatic rings. The van der Waals surface area contributed by atoms with E-state index in [4.69, 9.17) is 20.8 Å². The molecule has 0 amide bonds. The number of halogens is 1. The Balaban J connectivity index is 1.92. The number of hydrogen-bond acceptors (Lipinski definition) is 3. The van der Waals surface area contributed by atoms with Gasteiger partial charge in [0.2, 0.25) is 0 Å². The Labute approximate surface area is 148 Å². The van der Waals surface area contributed by atoms with Crippen molar-refractivity contribution in [1.82, 2.24) is 10.2 Å². The van der Waals surface area contributed by atoms with Gasteiger partial charge in [-0.05, 0) is 29.8 Å². The van der Waals surface area contributed by atoms with Crippen LogP contribution in [0.15, 0.2) is 52.1 Å². The third kappa shape index (κ3) is 6.26. The van der Waals surface area contributed by atoms with Crippen molar-refractivity contribution >= 4 is 17.6 Å². The number of furan rings is 1. The highest BCUT2D eigenvalue weighted by atomic mass is 35.5. The van der Waals surface area contributed by atoms with Crippen LogP contribution in [0.3, 0.4) is 0 Å². The molecule has 1 N–H and O–H groups in total. The largest absolute Gasteiger partial charge is 0.469 e. The fraction of sp³-hybridized carbons (Fsp3) is 0.389. The zero-order valence-corrected chi connectivity index (χ0v) is 14.9. The van der Waals surface area contributed by atoms with Crippen LogP contribution in [0, 0.1) is 0 Å². The number of methoxy groups -OCH3 is 1. The molecule has 0 radical (unpaired) electrons. The number of ether oxygens (including phenoxy) is 1. The van der Waals surface area contributed by atoms with Gasteiger partial charge >= 0.3 is 0 Å². The Morgan fingerprint density at radius 3 is 2.75 bits per heavy atom. The van der Waals surface area contributed by atoms with Crippen molar-refractivity contribution in [3.8, 4) is 0 Å². The van der Waals surface area contributed by atoms with Crippen LogP contribution in [-0.4, -0.2) is 44.7 Å². The van der Waals surface area contributed by atoms with Gasteiger partial charge in [0, 0.05) is 38.7 Å². The van der Waals surface area contributed by atoms with Crippen LogP contribution >= 0.6 is 11.6 Å². The van der Waals surface area contributed by atoms with Crippen LogP contribution in [0.25, 0.3) is 0 Å². The van der Waals surface area contributed by atoms with Gasteiger partial charge in [0.05, 0.1) is 19.4 Å². The summed E-state index contributed by atoms with van der Waals surface area (Å²) >= 11 is 5.94. The zero-order chi connectivity index (χ0) is 17.2. The lowest BCUT2D eigenvalue weighted by molar-refractivity contribution is 0.207. The van der Waals surface area contributed by atoms with Crippen LogP contribution in [0.1, 0.15) is 11.3 Å². The van der Waals surface area contributed by atoms with Crippen molar-refractivity contribution in [2.24, 2.45) is 4.99 Å². The van der Waals surface area contributed by atoms with Gasteiger partial charge < -0.3 is 19.4 Å². The van der Waals surface area contributed by atoms with E-state index in [1.54, 1.807) is 13.4 Å². The van der Waals surface area contributed by atoms with Crippen LogP contribution in [0.4, 0.5) is 0 Å². The van der Waals surface area contributed by atoms with Crippen LogP contribution in [-0.2, 0) is 17.7 Å². The molecule has 1 heterocycles. The monoisotopic (exact) mass is 349 g/mol. The van der Waals surface area contributed by atoms with E-state index in [1.165, 1.54) is 5.56 Å². The molecule has 0 saturated heterocycles. The molecule has 0 atom stereocenters. The van der Waals surface area contributed by atoms with Gasteiger partial charge in [-0.3, -0.25) is 4.99 Å². The number of hydrogen-bond donors (Lipinski definition) is 1. The first-order valence-corrected chi connectivity index (χ1v) is 8.32. The summed E-state index contributed by atoms with van der Waals surface area (Å²) in [6.07, 6.45) is 2.50. The quantitative estimate of drug-likeness (QED) is 0.451. The predicted octanol–water partition coefficient (Wildman–Crippen LogP) is 3.20. The number of nitrogens with one attached hydrogen (secondary N) is 1. The molecule has 0 aliphatic rings. The first-order chi connectivity index (χ1) is 11.7. The highest BCUT2D eigenvalue weighted by molar-refractivity contribution is 6.30. The van der Waals surface area contributed by atoms with Gasteiger partial charge in [-0.15, -0.1) is 0 Å². The molecule has 6 heteroatoms. The van der Waals surface area contributed by atoms with E-state index in [0.29, 0.717) is 13.2 Å². The summed E-state index contributed by atoms with van der Waals surface area (Å²) in [7, 11) is 3.69. The molecule has 0 aliphatic carbocycles. The minimum Gasteiger partial charge on any atom is -0.469 e. The van der Waals surface area contributed by atoms with Crippen molar-refractivity contribution < 1.29 is 9.15 Å². The molecule has 0 aliphatic heterocycles. The number of rotatable bonds is 8. The summed E-state index contributed by atoms with van der Waals surface area (Å²) in [5, 5.41) is 4.13. The summed E-state index contributed by atoms with van der Waals surface area (Å²) < 4.78 is 10.4. The van der Waals surface area contributed by atoms with Gasteiger partial charge in [-0.25, -0.2) is 0 Å². The highest BCUT2D eigenvalue weighted by Gasteiger charge is 2.07. The molecule has 0 bridgehead atoms. The first-order valence-electron chi connectivity index (χ1n) is 7.94. The fourth-order valence-electron chi connectivity index (χ4n) is 2.25. The van der Waals surface area contributed by atoms with E-state index >= 15 is 0 Å². The maximum atomic E-state index is 5.94. The summed E-state index contributed by atoms with van der Waals surface area (Å²) in [6.45, 7) is 2.71. The number of guanidine groups is 1. The minimum atomic E-state index is 0.595. The van der Waals surface area contributed by atoms with Crippen molar-refractivity contribution in [2.45, 2.75) is 13.0 Å². The van der Waals surface area contributed by atoms with Gasteiger partial charge in [0.1, 0.15) is 5.76 Å². The Morgan fingerprint density at radius 2 is 2.08 bits per heavy atom. The highest BCUT2D eigenvalue weighted by Crippen LogP contribution is 2.11. The molecule has 1 aromatic carbocycles. The number of nitrogens with zero attached hydrogens (tertiary/aromatic N) is 2. The molecular formula is C18H24ClN3O2. The molecule has 0 saturated carbocycles. The van der Waals surface area contributed by atoms with E-state index in [1.807, 2.05) is 43.4 Å². The molecular weight excluding hydrogens is 326 g/mol. The molecule has 1 aromatic heterocycles. The molecule has 130 valence electrons. The average Bonchev–Trinajstić information content (AvgIpc) is 3.09. The Hall–Kier alpha value is -1.98. The second kappa shape index (κ2) is 10.0. The van der Waals surface area contributed by atoms with Gasteiger partial charge in [-0.1, -0.05) is 23.7 Å². The average molecular weight is 350 g/mol. The Bertz CT molecular complexity index is 612. The third-order valence-corrected chi connectivity index (χ3v) is 3.74. The van der Waals surface area contributed by atoms with Crippen LogP contribution in [0.2, 0.25) is 5.02 Å². The molecule has 0 fully saturated rings. The van der Waals surface area contributed by atoms with Crippen molar-refractivity contribution in [3.63, 3.8) is 0 Å². The second-order valence-electron chi connectivity index (χ2n) is 5.44. The van der Waals surface area contributed by atoms with E-state index in [-0.39, 0.29) is 0 Å². The minimum absolute atomic E-state index is 0.595. The summed E-state index contributed by atoms with van der Waals surface area (Å²) in [5.74, 6) is 1.80. The molecule has 0 unspecified atom stereocenters. The summed E-state index contributed by atoms with van der Waals surface area (Å²) in [5.41, 5.74) is 1.18. The SMILES string of the molecule is COCCN=C(NCCc1ccco1)N(C)Cc1ccc(Cl)cc1. The lowest BCUT2D eigenvalue weighted by Crippen LogP contribution is -2.39. The number of benzene rings is 1. The first kappa shape index (κ1) is 18.4. The van der Waals surface area contributed by atoms with Gasteiger partial charge in [0.15, 0.2) is 5.96 Å². The van der Waals surface area contributed by atoms with E-state index in [9.17, 15) is 0 Å². The lowest BCUT2D eigenvalue weighted by Gasteiger charge is -2.22. The topological polar surface area (TPSA) is 50.0 Å². The Morgan fingerprint density at radius 1 is 1.29 bits per heavy atom. The van der Waals surface area contributed by atoms with Gasteiger partial charge in [0.25, 0.3) is 0 Å². The Kier molecular flexibility index (Phi) is 7.65. The zero-order valence-electron chi connectivity index (χ0n) is 14.2. The standard InChI is InChI=1S/C18H24ClN3O2/c1-22(14-15-5-7-16(19)8-6-15)18(21-11-13-23-2)20-10-9-17-4-3-12-24-17/h3-8,12H,9-11,13-14H2,1-2H3,(H,20,21). The van der Waals surface area contributed by atoms with Crippen molar-refractivity contribution in [2.75, 3.05) is 33.9 Å². The van der Waals surface area contributed by atoms with E-state index < -0.39 is 0 Å². The van der Waals surface area contributed by atoms with Crippen molar-refractivity contribution in [1.29, 1.82) is 0 Å². The lowest BCUT2D eigenvalue weighted by atomic mass is 10.2. The number of aliphatic imine (C=N–C) groups is 1. The summed E-state index contributed by atoms with van der Waals surface area (Å²) in [4.78, 5) is 6.68. The molecule has 5 nitrogen and oxygen atoms in total. The van der Waals surface area contributed by atoms with Crippen LogP contribution in [0.5, 0.6) is 0 Å².